The summed E-state index contributed by atoms with van der Waals surface area (Å²) in [5.41, 5.74) is 5.79. The van der Waals surface area contributed by atoms with Gasteiger partial charge in [0.1, 0.15) is 22.4 Å². The van der Waals surface area contributed by atoms with E-state index in [0.29, 0.717) is 6.42 Å². The van der Waals surface area contributed by atoms with Crippen molar-refractivity contribution in [3.8, 4) is 5.75 Å². The number of carbonyl (C=O) groups excluding carboxylic acids is 1. The molecular weight excluding hydrogens is 422 g/mol. The number of benzene rings is 2. The first-order valence-electron chi connectivity index (χ1n) is 9.14. The second-order valence-corrected chi connectivity index (χ2v) is 8.22. The van der Waals surface area contributed by atoms with Gasteiger partial charge < -0.3 is 10.5 Å². The number of hydrazone groups is 1. The number of rotatable bonds is 3. The lowest BCUT2D eigenvalue weighted by Crippen LogP contribution is -2.51. The summed E-state index contributed by atoms with van der Waals surface area (Å²) in [6.07, 6.45) is 0.365. The van der Waals surface area contributed by atoms with E-state index in [0.717, 1.165) is 47.1 Å². The number of nitrogens with zero attached hydrogens (tertiary/aromatic N) is 2. The average Bonchev–Trinajstić information content (AvgIpc) is 3.09. The molecule has 2 aromatic carbocycles. The molecule has 2 aliphatic heterocycles. The maximum absolute atomic E-state index is 14.4. The van der Waals surface area contributed by atoms with Crippen molar-refractivity contribution in [2.24, 2.45) is 16.8 Å². The lowest BCUT2D eigenvalue weighted by atomic mass is 9.86. The molecule has 1 amide bonds. The third-order valence-corrected chi connectivity index (χ3v) is 6.66. The van der Waals surface area contributed by atoms with Crippen LogP contribution >= 0.6 is 11.8 Å². The van der Waals surface area contributed by atoms with Gasteiger partial charge >= 0.3 is 0 Å². The Morgan fingerprint density at radius 1 is 1.23 bits per heavy atom. The molecule has 0 bridgehead atoms. The molecule has 5 nitrogen and oxygen atoms in total. The predicted molar refractivity (Wildman–Crippen MR) is 104 cm³/mol. The summed E-state index contributed by atoms with van der Waals surface area (Å²) in [5, 5.41) is 5.42. The standard InChI is InChI=1S/C20H17F4N3O2S/c1-10(28)27-20(30-19(26-27)13-6-12(21)2-3-15(13)22)11(4-5-25)9-29-18-8-17(24)16(23)7-14(18)20/h2-3,6-8,11H,4-5,9,25H2,1H3/t11-,20+/m1/s1. The summed E-state index contributed by atoms with van der Waals surface area (Å²) in [6.45, 7) is 1.54. The second kappa shape index (κ2) is 7.59. The Morgan fingerprint density at radius 3 is 2.67 bits per heavy atom. The fourth-order valence-corrected chi connectivity index (χ4v) is 5.37. The van der Waals surface area contributed by atoms with Crippen LogP contribution in [0.5, 0.6) is 5.75 Å². The monoisotopic (exact) mass is 439 g/mol. The topological polar surface area (TPSA) is 67.9 Å². The number of halogens is 4. The molecule has 2 atom stereocenters. The van der Waals surface area contributed by atoms with E-state index < -0.39 is 40.0 Å². The van der Waals surface area contributed by atoms with Gasteiger partial charge in [0.25, 0.3) is 0 Å². The van der Waals surface area contributed by atoms with E-state index in [1.165, 1.54) is 6.92 Å². The largest absolute Gasteiger partial charge is 0.493 e. The number of thioether (sulfide) groups is 1. The maximum Gasteiger partial charge on any atom is 0.241 e. The Hall–Kier alpha value is -2.59. The Bertz CT molecular complexity index is 1060. The van der Waals surface area contributed by atoms with E-state index >= 15 is 0 Å². The zero-order valence-electron chi connectivity index (χ0n) is 15.8. The molecule has 0 unspecified atom stereocenters. The quantitative estimate of drug-likeness (QED) is 0.741. The van der Waals surface area contributed by atoms with E-state index in [2.05, 4.69) is 5.10 Å². The van der Waals surface area contributed by atoms with Crippen molar-refractivity contribution in [3.63, 3.8) is 0 Å². The molecule has 2 aliphatic rings. The molecule has 158 valence electrons. The molecule has 2 aromatic rings. The summed E-state index contributed by atoms with van der Waals surface area (Å²) < 4.78 is 61.9. The molecule has 4 rings (SSSR count). The molecule has 2 N–H and O–H groups in total. The van der Waals surface area contributed by atoms with Crippen LogP contribution in [0.3, 0.4) is 0 Å². The number of fused-ring (bicyclic) bond motifs is 2. The predicted octanol–water partition coefficient (Wildman–Crippen LogP) is 3.71. The third-order valence-electron chi connectivity index (χ3n) is 5.13. The first-order valence-corrected chi connectivity index (χ1v) is 9.95. The van der Waals surface area contributed by atoms with Crippen molar-refractivity contribution < 1.29 is 27.1 Å². The number of nitrogens with two attached hydrogens (primary N) is 1. The molecule has 0 radical (unpaired) electrons. The van der Waals surface area contributed by atoms with Gasteiger partial charge in [0.2, 0.25) is 5.91 Å². The van der Waals surface area contributed by atoms with Crippen LogP contribution in [0.15, 0.2) is 35.4 Å². The van der Waals surface area contributed by atoms with E-state index in [1.54, 1.807) is 0 Å². The van der Waals surface area contributed by atoms with Gasteiger partial charge in [-0.15, -0.1) is 0 Å². The van der Waals surface area contributed by atoms with Gasteiger partial charge in [0.15, 0.2) is 16.5 Å². The van der Waals surface area contributed by atoms with Crippen LogP contribution in [0.25, 0.3) is 0 Å². The van der Waals surface area contributed by atoms with Crippen molar-refractivity contribution in [2.75, 3.05) is 13.2 Å². The Labute approximate surface area is 173 Å². The normalized spacial score (nSPS) is 22.7. The van der Waals surface area contributed by atoms with Crippen molar-refractivity contribution in [1.29, 1.82) is 0 Å². The summed E-state index contributed by atoms with van der Waals surface area (Å²) in [6, 6.07) is 4.77. The number of hydrogen-bond acceptors (Lipinski definition) is 5. The van der Waals surface area contributed by atoms with Crippen molar-refractivity contribution >= 4 is 22.7 Å². The van der Waals surface area contributed by atoms with Gasteiger partial charge in [0, 0.05) is 30.0 Å². The van der Waals surface area contributed by atoms with E-state index in [-0.39, 0.29) is 35.1 Å². The summed E-state index contributed by atoms with van der Waals surface area (Å²) in [4.78, 5) is 11.2. The Balaban J connectivity index is 1.93. The first kappa shape index (κ1) is 20.7. The minimum atomic E-state index is -1.35. The Kier molecular flexibility index (Phi) is 5.23. The first-order chi connectivity index (χ1) is 14.3. The number of amides is 1. The molecule has 0 aliphatic carbocycles. The summed E-state index contributed by atoms with van der Waals surface area (Å²) in [7, 11) is 0. The highest BCUT2D eigenvalue weighted by atomic mass is 32.2. The van der Waals surface area contributed by atoms with Crippen LogP contribution < -0.4 is 10.5 Å². The van der Waals surface area contributed by atoms with Crippen LogP contribution in [0.2, 0.25) is 0 Å². The Morgan fingerprint density at radius 2 is 1.97 bits per heavy atom. The molecule has 0 saturated carbocycles. The van der Waals surface area contributed by atoms with Gasteiger partial charge in [-0.05, 0) is 37.2 Å². The van der Waals surface area contributed by atoms with E-state index in [1.807, 2.05) is 0 Å². The van der Waals surface area contributed by atoms with Crippen molar-refractivity contribution in [2.45, 2.75) is 18.2 Å². The highest BCUT2D eigenvalue weighted by Gasteiger charge is 2.56. The zero-order chi connectivity index (χ0) is 21.6. The fourth-order valence-electron chi connectivity index (χ4n) is 3.81. The molecule has 10 heteroatoms. The van der Waals surface area contributed by atoms with Crippen LogP contribution in [-0.2, 0) is 9.67 Å². The second-order valence-electron chi connectivity index (χ2n) is 7.01. The lowest BCUT2D eigenvalue weighted by molar-refractivity contribution is -0.134. The SMILES string of the molecule is CC(=O)N1N=C(c2cc(F)ccc2F)S[C@@]12c1cc(F)c(F)cc1OC[C@H]2CCN. The number of ether oxygens (including phenoxy) is 1. The number of hydrogen-bond donors (Lipinski definition) is 1. The van der Waals surface area contributed by atoms with Crippen LogP contribution in [0, 0.1) is 29.2 Å². The van der Waals surface area contributed by atoms with E-state index in [9.17, 15) is 22.4 Å². The van der Waals surface area contributed by atoms with Gasteiger partial charge in [-0.1, -0.05) is 11.8 Å². The summed E-state index contributed by atoms with van der Waals surface area (Å²) in [5.74, 6) is -4.55. The maximum atomic E-state index is 14.4. The van der Waals surface area contributed by atoms with Crippen LogP contribution in [0.4, 0.5) is 17.6 Å². The van der Waals surface area contributed by atoms with Crippen molar-refractivity contribution in [3.05, 3.63) is 64.7 Å². The fraction of sp³-hybridized carbons (Fsp3) is 0.300. The van der Waals surface area contributed by atoms with Gasteiger partial charge in [-0.25, -0.2) is 22.6 Å². The van der Waals surface area contributed by atoms with Gasteiger partial charge in [0.05, 0.1) is 6.61 Å². The highest BCUT2D eigenvalue weighted by molar-refractivity contribution is 8.15. The molecule has 2 heterocycles. The molecular formula is C20H17F4N3O2S. The minimum Gasteiger partial charge on any atom is -0.493 e. The molecule has 1 spiro atoms. The third kappa shape index (κ3) is 3.14. The minimum absolute atomic E-state index is 0.0433. The smallest absolute Gasteiger partial charge is 0.241 e. The molecule has 30 heavy (non-hydrogen) atoms. The van der Waals surface area contributed by atoms with Crippen molar-refractivity contribution in [1.82, 2.24) is 5.01 Å². The number of carbonyl (C=O) groups is 1. The zero-order valence-corrected chi connectivity index (χ0v) is 16.6. The molecule has 0 aromatic heterocycles. The highest BCUT2D eigenvalue weighted by Crippen LogP contribution is 2.57. The van der Waals surface area contributed by atoms with Gasteiger partial charge in [-0.2, -0.15) is 5.10 Å². The van der Waals surface area contributed by atoms with Gasteiger partial charge in [-0.3, -0.25) is 4.79 Å². The average molecular weight is 439 g/mol. The van der Waals surface area contributed by atoms with Crippen LogP contribution in [0.1, 0.15) is 24.5 Å². The molecule has 0 fully saturated rings. The van der Waals surface area contributed by atoms with Crippen LogP contribution in [-0.4, -0.2) is 29.1 Å². The lowest BCUT2D eigenvalue weighted by Gasteiger charge is -2.45. The summed E-state index contributed by atoms with van der Waals surface area (Å²) >= 11 is 0.975. The van der Waals surface area contributed by atoms with E-state index in [4.69, 9.17) is 10.5 Å². The molecule has 0 saturated heterocycles.